The number of carbonyl (C=O) groups is 1. The first kappa shape index (κ1) is 21.6. The molecule has 1 amide bonds. The number of anilines is 1. The predicted octanol–water partition coefficient (Wildman–Crippen LogP) is 1.74. The lowest BCUT2D eigenvalue weighted by Crippen LogP contribution is -3.08. The van der Waals surface area contributed by atoms with Crippen LogP contribution in [0.25, 0.3) is 0 Å². The van der Waals surface area contributed by atoms with Crippen molar-refractivity contribution in [2.24, 2.45) is 0 Å². The zero-order chi connectivity index (χ0) is 20.0. The first-order valence-electron chi connectivity index (χ1n) is 9.02. The van der Waals surface area contributed by atoms with E-state index in [0.717, 1.165) is 17.0 Å². The second-order valence-electron chi connectivity index (χ2n) is 6.50. The van der Waals surface area contributed by atoms with Crippen LogP contribution in [0.5, 0.6) is 0 Å². The SMILES string of the molecule is CCN(CC)S(=O)(=O)c1ccc(C)c(NC(=O)C[NH+](C)Cc2cccs2)c1. The third-order valence-electron chi connectivity index (χ3n) is 4.34. The molecule has 0 aliphatic rings. The summed E-state index contributed by atoms with van der Waals surface area (Å²) in [5, 5.41) is 4.89. The van der Waals surface area contributed by atoms with E-state index in [0.29, 0.717) is 25.3 Å². The third-order valence-corrected chi connectivity index (χ3v) is 7.27. The van der Waals surface area contributed by atoms with Crippen LogP contribution < -0.4 is 10.2 Å². The first-order valence-corrected chi connectivity index (χ1v) is 11.3. The monoisotopic (exact) mass is 410 g/mol. The number of rotatable bonds is 9. The van der Waals surface area contributed by atoms with Crippen LogP contribution in [0, 0.1) is 6.92 Å². The molecule has 0 saturated heterocycles. The highest BCUT2D eigenvalue weighted by atomic mass is 32.2. The lowest BCUT2D eigenvalue weighted by Gasteiger charge is -2.19. The molecule has 1 aromatic carbocycles. The number of hydrogen-bond donors (Lipinski definition) is 2. The van der Waals surface area contributed by atoms with Gasteiger partial charge in [0.05, 0.1) is 16.8 Å². The molecule has 0 bridgehead atoms. The number of sulfonamides is 1. The van der Waals surface area contributed by atoms with Crippen molar-refractivity contribution in [3.05, 3.63) is 46.2 Å². The first-order chi connectivity index (χ1) is 12.8. The molecule has 2 aromatic rings. The zero-order valence-electron chi connectivity index (χ0n) is 16.3. The fourth-order valence-electron chi connectivity index (χ4n) is 2.85. The van der Waals surface area contributed by atoms with Gasteiger partial charge in [0.25, 0.3) is 5.91 Å². The standard InChI is InChI=1S/C19H27N3O3S2/c1-5-22(6-2)27(24,25)17-10-9-15(3)18(12-17)20-19(23)14-21(4)13-16-8-7-11-26-16/h7-12H,5-6,13-14H2,1-4H3,(H,20,23)/p+1. The second kappa shape index (κ2) is 9.45. The van der Waals surface area contributed by atoms with E-state index in [1.165, 1.54) is 9.18 Å². The summed E-state index contributed by atoms with van der Waals surface area (Å²) in [6, 6.07) is 8.92. The van der Waals surface area contributed by atoms with E-state index < -0.39 is 10.0 Å². The van der Waals surface area contributed by atoms with Gasteiger partial charge in [0.1, 0.15) is 6.54 Å². The molecule has 6 nitrogen and oxygen atoms in total. The Morgan fingerprint density at radius 2 is 1.93 bits per heavy atom. The van der Waals surface area contributed by atoms with Gasteiger partial charge in [-0.2, -0.15) is 4.31 Å². The average Bonchev–Trinajstić information content (AvgIpc) is 3.10. The van der Waals surface area contributed by atoms with Crippen molar-refractivity contribution in [1.29, 1.82) is 0 Å². The van der Waals surface area contributed by atoms with Gasteiger partial charge in [-0.25, -0.2) is 8.42 Å². The summed E-state index contributed by atoms with van der Waals surface area (Å²) in [5.74, 6) is -0.135. The summed E-state index contributed by atoms with van der Waals surface area (Å²) in [6.07, 6.45) is 0. The van der Waals surface area contributed by atoms with Gasteiger partial charge < -0.3 is 10.2 Å². The lowest BCUT2D eigenvalue weighted by molar-refractivity contribution is -0.884. The van der Waals surface area contributed by atoms with E-state index in [4.69, 9.17) is 0 Å². The van der Waals surface area contributed by atoms with Crippen molar-refractivity contribution in [2.45, 2.75) is 32.2 Å². The normalized spacial score (nSPS) is 12.9. The molecular weight excluding hydrogens is 382 g/mol. The number of amides is 1. The van der Waals surface area contributed by atoms with Gasteiger partial charge in [-0.05, 0) is 36.1 Å². The topological polar surface area (TPSA) is 70.9 Å². The van der Waals surface area contributed by atoms with Crippen LogP contribution in [0.1, 0.15) is 24.3 Å². The summed E-state index contributed by atoms with van der Waals surface area (Å²) in [7, 11) is -1.59. The Bertz CT molecular complexity index is 860. The van der Waals surface area contributed by atoms with Crippen LogP contribution in [-0.2, 0) is 21.4 Å². The Hall–Kier alpha value is -1.74. The fourth-order valence-corrected chi connectivity index (χ4v) is 5.15. The third kappa shape index (κ3) is 5.62. The second-order valence-corrected chi connectivity index (χ2v) is 9.47. The van der Waals surface area contributed by atoms with Crippen molar-refractivity contribution in [3.63, 3.8) is 0 Å². The minimum atomic E-state index is -3.56. The molecule has 1 unspecified atom stereocenters. The summed E-state index contributed by atoms with van der Waals surface area (Å²) >= 11 is 1.67. The number of nitrogens with zero attached hydrogens (tertiary/aromatic N) is 1. The summed E-state index contributed by atoms with van der Waals surface area (Å²) < 4.78 is 26.8. The highest BCUT2D eigenvalue weighted by Crippen LogP contribution is 2.22. The van der Waals surface area contributed by atoms with Crippen LogP contribution in [0.15, 0.2) is 40.6 Å². The number of quaternary nitrogens is 1. The van der Waals surface area contributed by atoms with Crippen molar-refractivity contribution in [2.75, 3.05) is 32.0 Å². The van der Waals surface area contributed by atoms with Crippen LogP contribution in [-0.4, -0.2) is 45.3 Å². The molecule has 0 radical (unpaired) electrons. The Kier molecular flexibility index (Phi) is 7.55. The Labute approximate surface area is 165 Å². The van der Waals surface area contributed by atoms with Crippen LogP contribution in [0.3, 0.4) is 0 Å². The van der Waals surface area contributed by atoms with Crippen molar-refractivity contribution in [1.82, 2.24) is 4.31 Å². The molecule has 2 rings (SSSR count). The lowest BCUT2D eigenvalue weighted by atomic mass is 10.2. The highest BCUT2D eigenvalue weighted by molar-refractivity contribution is 7.89. The van der Waals surface area contributed by atoms with Crippen molar-refractivity contribution in [3.8, 4) is 0 Å². The van der Waals surface area contributed by atoms with Crippen LogP contribution >= 0.6 is 11.3 Å². The fraction of sp³-hybridized carbons (Fsp3) is 0.421. The van der Waals surface area contributed by atoms with Gasteiger partial charge in [-0.15, -0.1) is 11.3 Å². The van der Waals surface area contributed by atoms with Gasteiger partial charge in [-0.1, -0.05) is 26.0 Å². The van der Waals surface area contributed by atoms with E-state index in [9.17, 15) is 13.2 Å². The molecular formula is C19H28N3O3S2+. The highest BCUT2D eigenvalue weighted by Gasteiger charge is 2.22. The van der Waals surface area contributed by atoms with Gasteiger partial charge in [0.15, 0.2) is 6.54 Å². The number of aryl methyl sites for hydroxylation is 1. The predicted molar refractivity (Wildman–Crippen MR) is 110 cm³/mol. The minimum Gasteiger partial charge on any atom is -0.325 e. The van der Waals surface area contributed by atoms with E-state index in [-0.39, 0.29) is 10.8 Å². The molecule has 0 fully saturated rings. The van der Waals surface area contributed by atoms with Gasteiger partial charge in [0, 0.05) is 18.8 Å². The Morgan fingerprint density at radius 3 is 2.52 bits per heavy atom. The Morgan fingerprint density at radius 1 is 1.22 bits per heavy atom. The molecule has 2 N–H and O–H groups in total. The molecule has 0 aliphatic heterocycles. The maximum atomic E-state index is 12.7. The summed E-state index contributed by atoms with van der Waals surface area (Å²) in [4.78, 5) is 14.9. The molecule has 8 heteroatoms. The Balaban J connectivity index is 2.10. The quantitative estimate of drug-likeness (QED) is 0.662. The zero-order valence-corrected chi connectivity index (χ0v) is 17.9. The molecule has 1 aromatic heterocycles. The molecule has 1 heterocycles. The van der Waals surface area contributed by atoms with Crippen LogP contribution in [0.4, 0.5) is 5.69 Å². The minimum absolute atomic E-state index is 0.135. The number of carbonyl (C=O) groups excluding carboxylic acids is 1. The number of benzene rings is 1. The molecule has 148 valence electrons. The molecule has 27 heavy (non-hydrogen) atoms. The number of likely N-dealkylation sites (N-methyl/N-ethyl adjacent to an activating group) is 1. The number of nitrogens with one attached hydrogen (secondary N) is 2. The van der Waals surface area contributed by atoms with Gasteiger partial charge in [-0.3, -0.25) is 4.79 Å². The van der Waals surface area contributed by atoms with E-state index in [1.54, 1.807) is 29.5 Å². The maximum absolute atomic E-state index is 12.7. The average molecular weight is 411 g/mol. The molecule has 0 aliphatic carbocycles. The summed E-state index contributed by atoms with van der Waals surface area (Å²) in [6.45, 7) is 7.38. The van der Waals surface area contributed by atoms with Crippen molar-refractivity contribution < 1.29 is 18.1 Å². The molecule has 1 atom stereocenters. The molecule has 0 spiro atoms. The maximum Gasteiger partial charge on any atom is 0.279 e. The van der Waals surface area contributed by atoms with Crippen LogP contribution in [0.2, 0.25) is 0 Å². The summed E-state index contributed by atoms with van der Waals surface area (Å²) in [5.41, 5.74) is 1.37. The largest absolute Gasteiger partial charge is 0.325 e. The number of thiophene rings is 1. The van der Waals surface area contributed by atoms with E-state index in [1.807, 2.05) is 39.3 Å². The smallest absolute Gasteiger partial charge is 0.279 e. The van der Waals surface area contributed by atoms with Crippen molar-refractivity contribution >= 4 is 33.0 Å². The number of hydrogen-bond acceptors (Lipinski definition) is 4. The van der Waals surface area contributed by atoms with E-state index >= 15 is 0 Å². The van der Waals surface area contributed by atoms with E-state index in [2.05, 4.69) is 11.4 Å². The van der Waals surface area contributed by atoms with Gasteiger partial charge >= 0.3 is 0 Å². The molecule has 0 saturated carbocycles. The van der Waals surface area contributed by atoms with Gasteiger partial charge in [0.2, 0.25) is 10.0 Å².